The Morgan fingerprint density at radius 1 is 1.19 bits per heavy atom. The number of rotatable bonds is 4. The molecule has 1 aromatic carbocycles. The second-order valence-electron chi connectivity index (χ2n) is 6.58. The predicted molar refractivity (Wildman–Crippen MR) is 105 cm³/mol. The summed E-state index contributed by atoms with van der Waals surface area (Å²) in [6, 6.07) is 6.40. The lowest BCUT2D eigenvalue weighted by molar-refractivity contribution is -0.141. The van der Waals surface area contributed by atoms with Crippen LogP contribution in [0.5, 0.6) is 0 Å². The number of hydrogen-bond acceptors (Lipinski definition) is 4. The van der Waals surface area contributed by atoms with Crippen molar-refractivity contribution in [2.45, 2.75) is 20.0 Å². The van der Waals surface area contributed by atoms with E-state index in [0.717, 1.165) is 4.68 Å². The Hall–Kier alpha value is -4.20. The van der Waals surface area contributed by atoms with Crippen LogP contribution in [0.1, 0.15) is 37.7 Å². The van der Waals surface area contributed by atoms with Crippen molar-refractivity contribution in [3.8, 4) is 5.82 Å². The molecule has 0 radical (unpaired) electrons. The molecule has 0 spiro atoms. The van der Waals surface area contributed by atoms with Crippen molar-refractivity contribution in [1.82, 2.24) is 14.8 Å². The number of primary amides is 1. The summed E-state index contributed by atoms with van der Waals surface area (Å²) in [5, 5.41) is 5.94. The molecule has 3 aromatic rings. The van der Waals surface area contributed by atoms with Gasteiger partial charge in [-0.1, -0.05) is 12.1 Å². The van der Waals surface area contributed by atoms with E-state index in [2.05, 4.69) is 20.2 Å². The SMILES string of the molecule is [C-]#[N+]c1cc(C)c(NC(=O)c2cc(C(F)(F)F)nn2-c2ncccc2C)c(C(N)=O)c1. The average Bonchev–Trinajstić information content (AvgIpc) is 3.15. The fourth-order valence-electron chi connectivity index (χ4n) is 2.91. The Labute approximate surface area is 174 Å². The number of nitrogens with zero attached hydrogens (tertiary/aromatic N) is 4. The van der Waals surface area contributed by atoms with E-state index in [9.17, 15) is 22.8 Å². The summed E-state index contributed by atoms with van der Waals surface area (Å²) < 4.78 is 40.7. The molecule has 0 unspecified atom stereocenters. The average molecular weight is 428 g/mol. The molecule has 0 aliphatic carbocycles. The molecule has 3 rings (SSSR count). The summed E-state index contributed by atoms with van der Waals surface area (Å²) in [4.78, 5) is 32.0. The van der Waals surface area contributed by atoms with Gasteiger partial charge >= 0.3 is 6.18 Å². The summed E-state index contributed by atoms with van der Waals surface area (Å²) in [7, 11) is 0. The second-order valence-corrected chi connectivity index (χ2v) is 6.58. The molecular weight excluding hydrogens is 413 g/mol. The fourth-order valence-corrected chi connectivity index (χ4v) is 2.91. The minimum atomic E-state index is -4.80. The molecular formula is C20H15F3N6O2. The van der Waals surface area contributed by atoms with Gasteiger partial charge in [0.05, 0.1) is 17.8 Å². The molecule has 2 amide bonds. The van der Waals surface area contributed by atoms with Crippen molar-refractivity contribution in [2.75, 3.05) is 5.32 Å². The summed E-state index contributed by atoms with van der Waals surface area (Å²) >= 11 is 0. The molecule has 31 heavy (non-hydrogen) atoms. The van der Waals surface area contributed by atoms with Crippen LogP contribution in [0, 0.1) is 20.4 Å². The lowest BCUT2D eigenvalue weighted by atomic mass is 10.1. The van der Waals surface area contributed by atoms with E-state index < -0.39 is 29.4 Å². The molecule has 0 saturated carbocycles. The number of nitrogens with two attached hydrogens (primary N) is 1. The van der Waals surface area contributed by atoms with Crippen LogP contribution in [0.25, 0.3) is 10.7 Å². The predicted octanol–water partition coefficient (Wildman–Crippen LogP) is 3.80. The van der Waals surface area contributed by atoms with Crippen molar-refractivity contribution >= 4 is 23.2 Å². The highest BCUT2D eigenvalue weighted by atomic mass is 19.4. The van der Waals surface area contributed by atoms with Gasteiger partial charge in [0.1, 0.15) is 5.69 Å². The first-order valence-electron chi connectivity index (χ1n) is 8.75. The topological polar surface area (TPSA) is 107 Å². The highest BCUT2D eigenvalue weighted by Crippen LogP contribution is 2.31. The highest BCUT2D eigenvalue weighted by Gasteiger charge is 2.36. The normalized spacial score (nSPS) is 11.1. The number of aromatic nitrogens is 3. The maximum Gasteiger partial charge on any atom is 0.435 e. The zero-order valence-corrected chi connectivity index (χ0v) is 16.3. The summed E-state index contributed by atoms with van der Waals surface area (Å²) in [6.45, 7) is 10.2. The van der Waals surface area contributed by atoms with Crippen LogP contribution in [0.15, 0.2) is 36.5 Å². The van der Waals surface area contributed by atoms with Gasteiger partial charge in [0.25, 0.3) is 5.91 Å². The number of carbonyl (C=O) groups excluding carboxylic acids is 2. The van der Waals surface area contributed by atoms with Gasteiger partial charge in [0.15, 0.2) is 17.2 Å². The first-order chi connectivity index (χ1) is 14.5. The Kier molecular flexibility index (Phi) is 5.49. The summed E-state index contributed by atoms with van der Waals surface area (Å²) in [6.07, 6.45) is -3.44. The number of halogens is 3. The lowest BCUT2D eigenvalue weighted by Crippen LogP contribution is -2.22. The molecule has 0 aliphatic rings. The van der Waals surface area contributed by atoms with Crippen molar-refractivity contribution in [1.29, 1.82) is 0 Å². The third-order valence-corrected chi connectivity index (χ3v) is 4.37. The van der Waals surface area contributed by atoms with Crippen molar-refractivity contribution in [3.05, 3.63) is 76.0 Å². The van der Waals surface area contributed by atoms with Crippen molar-refractivity contribution in [3.63, 3.8) is 0 Å². The Morgan fingerprint density at radius 2 is 1.90 bits per heavy atom. The Balaban J connectivity index is 2.13. The quantitative estimate of drug-likeness (QED) is 0.616. The van der Waals surface area contributed by atoms with Crippen LogP contribution in [-0.2, 0) is 6.18 Å². The van der Waals surface area contributed by atoms with E-state index in [-0.39, 0.29) is 22.8 Å². The van der Waals surface area contributed by atoms with Crippen LogP contribution in [0.3, 0.4) is 0 Å². The number of alkyl halides is 3. The van der Waals surface area contributed by atoms with E-state index in [1.165, 1.54) is 25.3 Å². The number of benzene rings is 1. The van der Waals surface area contributed by atoms with Crippen LogP contribution < -0.4 is 11.1 Å². The third-order valence-electron chi connectivity index (χ3n) is 4.37. The summed E-state index contributed by atoms with van der Waals surface area (Å²) in [5.41, 5.74) is 4.43. The first-order valence-corrected chi connectivity index (χ1v) is 8.75. The van der Waals surface area contributed by atoms with Crippen molar-refractivity contribution in [2.24, 2.45) is 5.73 Å². The van der Waals surface area contributed by atoms with Crippen LogP contribution in [0.4, 0.5) is 24.5 Å². The Morgan fingerprint density at radius 3 is 2.48 bits per heavy atom. The molecule has 0 atom stereocenters. The molecule has 0 bridgehead atoms. The number of amides is 2. The van der Waals surface area contributed by atoms with E-state index in [1.807, 2.05) is 0 Å². The van der Waals surface area contributed by atoms with Gasteiger partial charge in [0, 0.05) is 12.3 Å². The molecule has 3 N–H and O–H groups in total. The van der Waals surface area contributed by atoms with Gasteiger partial charge in [-0.2, -0.15) is 18.3 Å². The number of hydrogen-bond donors (Lipinski definition) is 2. The lowest BCUT2D eigenvalue weighted by Gasteiger charge is -2.14. The largest absolute Gasteiger partial charge is 0.435 e. The van der Waals surface area contributed by atoms with Gasteiger partial charge in [-0.15, -0.1) is 0 Å². The molecule has 0 aliphatic heterocycles. The molecule has 158 valence electrons. The smallest absolute Gasteiger partial charge is 0.366 e. The first kappa shape index (κ1) is 21.5. The number of carbonyl (C=O) groups is 2. The number of aryl methyl sites for hydroxylation is 2. The zero-order valence-electron chi connectivity index (χ0n) is 16.3. The second kappa shape index (κ2) is 7.91. The van der Waals surface area contributed by atoms with Gasteiger partial charge in [0.2, 0.25) is 5.91 Å². The monoisotopic (exact) mass is 428 g/mol. The fraction of sp³-hybridized carbons (Fsp3) is 0.150. The Bertz CT molecular complexity index is 1240. The van der Waals surface area contributed by atoms with Gasteiger partial charge < -0.3 is 11.1 Å². The number of nitrogens with one attached hydrogen (secondary N) is 1. The number of pyridine rings is 1. The van der Waals surface area contributed by atoms with Gasteiger partial charge in [-0.05, 0) is 37.1 Å². The van der Waals surface area contributed by atoms with Crippen LogP contribution in [0.2, 0.25) is 0 Å². The van der Waals surface area contributed by atoms with E-state index in [4.69, 9.17) is 12.3 Å². The van der Waals surface area contributed by atoms with Crippen LogP contribution >= 0.6 is 0 Å². The molecule has 2 heterocycles. The minimum Gasteiger partial charge on any atom is -0.366 e. The van der Waals surface area contributed by atoms with Gasteiger partial charge in [-0.3, -0.25) is 9.59 Å². The van der Waals surface area contributed by atoms with E-state index in [1.54, 1.807) is 19.1 Å². The zero-order chi connectivity index (χ0) is 22.9. The maximum atomic E-state index is 13.3. The molecule has 11 heteroatoms. The number of anilines is 1. The molecule has 0 fully saturated rings. The van der Waals surface area contributed by atoms with E-state index >= 15 is 0 Å². The minimum absolute atomic E-state index is 0.0102. The highest BCUT2D eigenvalue weighted by molar-refractivity contribution is 6.09. The van der Waals surface area contributed by atoms with E-state index in [0.29, 0.717) is 17.2 Å². The van der Waals surface area contributed by atoms with Gasteiger partial charge in [-0.25, -0.2) is 14.5 Å². The summed E-state index contributed by atoms with van der Waals surface area (Å²) in [5.74, 6) is -1.83. The molecule has 0 saturated heterocycles. The maximum absolute atomic E-state index is 13.3. The third kappa shape index (κ3) is 4.23. The van der Waals surface area contributed by atoms with Crippen molar-refractivity contribution < 1.29 is 22.8 Å². The standard InChI is InChI=1S/C20H15F3N6O2/c1-10-5-4-6-26-18(10)29-14(9-15(28-29)20(21,22)23)19(31)27-16-11(2)7-12(25-3)8-13(16)17(24)30/h4-9H,1-2H3,(H2,24,30)(H,27,31). The molecule has 2 aromatic heterocycles. The van der Waals surface area contributed by atoms with Crippen LogP contribution in [-0.4, -0.2) is 26.6 Å². The molecule has 8 nitrogen and oxygen atoms in total.